The van der Waals surface area contributed by atoms with E-state index in [4.69, 9.17) is 4.98 Å². The second-order valence-corrected chi connectivity index (χ2v) is 7.00. The van der Waals surface area contributed by atoms with Gasteiger partial charge in [0.15, 0.2) is 0 Å². The third-order valence-corrected chi connectivity index (χ3v) is 5.27. The number of anilines is 1. The zero-order valence-corrected chi connectivity index (χ0v) is 13.4. The van der Waals surface area contributed by atoms with E-state index in [9.17, 15) is 5.26 Å². The molecule has 1 aliphatic heterocycles. The highest BCUT2D eigenvalue weighted by Crippen LogP contribution is 2.34. The number of piperidine rings is 1. The molecule has 0 N–H and O–H groups in total. The van der Waals surface area contributed by atoms with E-state index in [1.165, 1.54) is 30.5 Å². The third-order valence-electron chi connectivity index (χ3n) is 5.27. The van der Waals surface area contributed by atoms with Crippen molar-refractivity contribution in [1.29, 1.82) is 5.26 Å². The van der Waals surface area contributed by atoms with Crippen LogP contribution < -0.4 is 4.90 Å². The Kier molecular flexibility index (Phi) is 3.89. The van der Waals surface area contributed by atoms with Gasteiger partial charge in [0.2, 0.25) is 0 Å². The Morgan fingerprint density at radius 1 is 1.24 bits per heavy atom. The molecule has 3 rings (SSSR count). The summed E-state index contributed by atoms with van der Waals surface area (Å²) in [5, 5.41) is 9.55. The largest absolute Gasteiger partial charge is 0.352 e. The second kappa shape index (κ2) is 5.67. The van der Waals surface area contributed by atoms with Crippen LogP contribution >= 0.6 is 0 Å². The SMILES string of the molecule is CC1CC(C)C(C)N(c2nc3c(cc2C#N)CCCC3)C1. The molecular weight excluding hydrogens is 258 g/mol. The van der Waals surface area contributed by atoms with Crippen LogP contribution in [0.5, 0.6) is 0 Å². The normalized spacial score (nSPS) is 28.9. The topological polar surface area (TPSA) is 39.9 Å². The Bertz CT molecular complexity index is 573. The Morgan fingerprint density at radius 2 is 2.00 bits per heavy atom. The summed E-state index contributed by atoms with van der Waals surface area (Å²) in [4.78, 5) is 7.31. The Morgan fingerprint density at radius 3 is 2.76 bits per heavy atom. The average Bonchev–Trinajstić information content (AvgIpc) is 2.49. The van der Waals surface area contributed by atoms with Crippen molar-refractivity contribution in [3.63, 3.8) is 0 Å². The van der Waals surface area contributed by atoms with Crippen molar-refractivity contribution in [2.24, 2.45) is 11.8 Å². The van der Waals surface area contributed by atoms with Crippen molar-refractivity contribution < 1.29 is 0 Å². The molecule has 3 nitrogen and oxygen atoms in total. The number of aryl methyl sites for hydroxylation is 2. The van der Waals surface area contributed by atoms with Crippen LogP contribution in [0.25, 0.3) is 0 Å². The predicted molar refractivity (Wildman–Crippen MR) is 85.3 cm³/mol. The number of rotatable bonds is 1. The molecular formula is C18H25N3. The van der Waals surface area contributed by atoms with E-state index >= 15 is 0 Å². The molecule has 0 amide bonds. The maximum absolute atomic E-state index is 9.55. The lowest BCUT2D eigenvalue weighted by molar-refractivity contribution is 0.295. The molecule has 2 aliphatic rings. The average molecular weight is 283 g/mol. The van der Waals surface area contributed by atoms with Crippen molar-refractivity contribution in [2.75, 3.05) is 11.4 Å². The van der Waals surface area contributed by atoms with Gasteiger partial charge in [-0.15, -0.1) is 0 Å². The van der Waals surface area contributed by atoms with E-state index in [1.807, 2.05) is 0 Å². The molecule has 0 bridgehead atoms. The van der Waals surface area contributed by atoms with Gasteiger partial charge in [0, 0.05) is 18.3 Å². The van der Waals surface area contributed by atoms with Crippen LogP contribution in [-0.4, -0.2) is 17.6 Å². The van der Waals surface area contributed by atoms with Gasteiger partial charge in [-0.05, 0) is 62.5 Å². The Hall–Kier alpha value is -1.56. The second-order valence-electron chi connectivity index (χ2n) is 7.00. The number of nitrogens with zero attached hydrogens (tertiary/aromatic N) is 3. The van der Waals surface area contributed by atoms with E-state index in [0.29, 0.717) is 17.9 Å². The maximum atomic E-state index is 9.55. The van der Waals surface area contributed by atoms with Gasteiger partial charge in [-0.3, -0.25) is 0 Å². The van der Waals surface area contributed by atoms with Gasteiger partial charge in [0.25, 0.3) is 0 Å². The molecule has 0 radical (unpaired) electrons. The summed E-state index contributed by atoms with van der Waals surface area (Å²) in [6.45, 7) is 7.92. The maximum Gasteiger partial charge on any atom is 0.147 e. The summed E-state index contributed by atoms with van der Waals surface area (Å²) in [7, 11) is 0. The highest BCUT2D eigenvalue weighted by Gasteiger charge is 2.31. The van der Waals surface area contributed by atoms with Gasteiger partial charge in [-0.2, -0.15) is 5.26 Å². The van der Waals surface area contributed by atoms with Crippen molar-refractivity contribution in [1.82, 2.24) is 4.98 Å². The monoisotopic (exact) mass is 283 g/mol. The van der Waals surface area contributed by atoms with Gasteiger partial charge >= 0.3 is 0 Å². The zero-order chi connectivity index (χ0) is 15.0. The van der Waals surface area contributed by atoms with Crippen LogP contribution in [0.3, 0.4) is 0 Å². The molecule has 0 saturated carbocycles. The van der Waals surface area contributed by atoms with Crippen molar-refractivity contribution in [2.45, 2.75) is 58.9 Å². The van der Waals surface area contributed by atoms with Crippen LogP contribution in [-0.2, 0) is 12.8 Å². The first kappa shape index (κ1) is 14.4. The minimum absolute atomic E-state index is 0.461. The quantitative estimate of drug-likeness (QED) is 0.789. The summed E-state index contributed by atoms with van der Waals surface area (Å²) in [5.74, 6) is 2.25. The molecule has 1 aromatic heterocycles. The minimum Gasteiger partial charge on any atom is -0.352 e. The predicted octanol–water partition coefficient (Wildman–Crippen LogP) is 3.70. The lowest BCUT2D eigenvalue weighted by Gasteiger charge is -2.42. The molecule has 1 fully saturated rings. The van der Waals surface area contributed by atoms with E-state index in [2.05, 4.69) is 37.8 Å². The number of fused-ring (bicyclic) bond motifs is 1. The van der Waals surface area contributed by atoms with Crippen molar-refractivity contribution in [3.8, 4) is 6.07 Å². The molecule has 0 spiro atoms. The first-order valence-corrected chi connectivity index (χ1v) is 8.29. The van der Waals surface area contributed by atoms with Crippen LogP contribution in [0, 0.1) is 23.2 Å². The van der Waals surface area contributed by atoms with Gasteiger partial charge in [-0.25, -0.2) is 4.98 Å². The summed E-state index contributed by atoms with van der Waals surface area (Å²) in [5.41, 5.74) is 3.30. The fourth-order valence-electron chi connectivity index (χ4n) is 3.92. The third kappa shape index (κ3) is 2.64. The fourth-order valence-corrected chi connectivity index (χ4v) is 3.92. The van der Waals surface area contributed by atoms with E-state index in [0.717, 1.165) is 30.8 Å². The van der Waals surface area contributed by atoms with Gasteiger partial charge in [0.1, 0.15) is 11.9 Å². The van der Waals surface area contributed by atoms with E-state index in [-0.39, 0.29) is 0 Å². The standard InChI is InChI=1S/C18H25N3/c1-12-8-13(2)14(3)21(11-12)18-16(10-19)9-15-6-4-5-7-17(15)20-18/h9,12-14H,4-8,11H2,1-3H3. The number of pyridine rings is 1. The van der Waals surface area contributed by atoms with Crippen LogP contribution in [0.2, 0.25) is 0 Å². The van der Waals surface area contributed by atoms with Crippen LogP contribution in [0.15, 0.2) is 6.07 Å². The minimum atomic E-state index is 0.461. The van der Waals surface area contributed by atoms with Gasteiger partial charge in [0.05, 0.1) is 5.56 Å². The molecule has 1 saturated heterocycles. The lowest BCUT2D eigenvalue weighted by Crippen LogP contribution is -2.46. The number of aromatic nitrogens is 1. The first-order valence-electron chi connectivity index (χ1n) is 8.29. The van der Waals surface area contributed by atoms with Crippen molar-refractivity contribution in [3.05, 3.63) is 22.9 Å². The smallest absolute Gasteiger partial charge is 0.147 e. The number of hydrogen-bond acceptors (Lipinski definition) is 3. The molecule has 3 atom stereocenters. The van der Waals surface area contributed by atoms with Gasteiger partial charge in [-0.1, -0.05) is 13.8 Å². The zero-order valence-electron chi connectivity index (χ0n) is 13.4. The van der Waals surface area contributed by atoms with E-state index < -0.39 is 0 Å². The van der Waals surface area contributed by atoms with Crippen LogP contribution in [0.4, 0.5) is 5.82 Å². The van der Waals surface area contributed by atoms with Gasteiger partial charge < -0.3 is 4.90 Å². The summed E-state index contributed by atoms with van der Waals surface area (Å²) in [6.07, 6.45) is 5.88. The van der Waals surface area contributed by atoms with Crippen LogP contribution in [0.1, 0.15) is 56.9 Å². The Labute approximate surface area is 128 Å². The fraction of sp³-hybridized carbons (Fsp3) is 0.667. The molecule has 3 heteroatoms. The highest BCUT2D eigenvalue weighted by atomic mass is 15.2. The highest BCUT2D eigenvalue weighted by molar-refractivity contribution is 5.57. The molecule has 2 heterocycles. The molecule has 0 aromatic carbocycles. The van der Waals surface area contributed by atoms with Crippen molar-refractivity contribution >= 4 is 5.82 Å². The molecule has 21 heavy (non-hydrogen) atoms. The van der Waals surface area contributed by atoms with E-state index in [1.54, 1.807) is 0 Å². The first-order chi connectivity index (χ1) is 10.1. The summed E-state index contributed by atoms with van der Waals surface area (Å²) in [6, 6.07) is 4.95. The lowest BCUT2D eigenvalue weighted by atomic mass is 9.85. The molecule has 1 aromatic rings. The summed E-state index contributed by atoms with van der Waals surface area (Å²) < 4.78 is 0. The number of nitriles is 1. The Balaban J connectivity index is 2.02. The number of hydrogen-bond donors (Lipinski definition) is 0. The molecule has 112 valence electrons. The summed E-state index contributed by atoms with van der Waals surface area (Å²) >= 11 is 0. The molecule has 1 aliphatic carbocycles. The molecule has 3 unspecified atom stereocenters.